The van der Waals surface area contributed by atoms with Crippen LogP contribution in [0.4, 0.5) is 30.6 Å². The maximum atomic E-state index is 13.1. The molecular formula is C18H22F3N7O2. The van der Waals surface area contributed by atoms with E-state index in [2.05, 4.69) is 25.6 Å². The number of anilines is 2. The van der Waals surface area contributed by atoms with Gasteiger partial charge in [0, 0.05) is 37.1 Å². The van der Waals surface area contributed by atoms with Gasteiger partial charge in [-0.05, 0) is 37.7 Å². The highest BCUT2D eigenvalue weighted by molar-refractivity contribution is 5.57. The van der Waals surface area contributed by atoms with E-state index in [1.54, 1.807) is 0 Å². The molecule has 2 aromatic rings. The molecule has 30 heavy (non-hydrogen) atoms. The van der Waals surface area contributed by atoms with Gasteiger partial charge in [0.2, 0.25) is 11.8 Å². The molecule has 12 heteroatoms. The van der Waals surface area contributed by atoms with Gasteiger partial charge in [0.15, 0.2) is 0 Å². The first-order chi connectivity index (χ1) is 14.2. The summed E-state index contributed by atoms with van der Waals surface area (Å²) in [5.41, 5.74) is 4.69. The van der Waals surface area contributed by atoms with Gasteiger partial charge in [-0.15, -0.1) is 0 Å². The molecule has 0 aromatic carbocycles. The van der Waals surface area contributed by atoms with Crippen LogP contribution in [0.1, 0.15) is 36.8 Å². The third-order valence-electron chi connectivity index (χ3n) is 5.06. The fourth-order valence-electron chi connectivity index (χ4n) is 3.38. The second kappa shape index (κ2) is 9.20. The van der Waals surface area contributed by atoms with Crippen molar-refractivity contribution in [2.24, 2.45) is 11.7 Å². The van der Waals surface area contributed by atoms with E-state index in [-0.39, 0.29) is 35.6 Å². The van der Waals surface area contributed by atoms with E-state index in [0.717, 1.165) is 50.3 Å². The lowest BCUT2D eigenvalue weighted by Crippen LogP contribution is -2.29. The summed E-state index contributed by atoms with van der Waals surface area (Å²) in [4.78, 5) is 22.3. The van der Waals surface area contributed by atoms with Crippen LogP contribution >= 0.6 is 0 Å². The quantitative estimate of drug-likeness (QED) is 0.455. The van der Waals surface area contributed by atoms with Crippen molar-refractivity contribution in [1.29, 1.82) is 0 Å². The zero-order valence-corrected chi connectivity index (χ0v) is 16.0. The summed E-state index contributed by atoms with van der Waals surface area (Å²) in [6.45, 7) is 0.255. The first kappa shape index (κ1) is 21.7. The Morgan fingerprint density at radius 3 is 2.60 bits per heavy atom. The van der Waals surface area contributed by atoms with Crippen LogP contribution < -0.4 is 16.4 Å². The number of aromatic nitrogens is 3. The second-order valence-corrected chi connectivity index (χ2v) is 7.23. The molecule has 2 heterocycles. The van der Waals surface area contributed by atoms with Crippen molar-refractivity contribution < 1.29 is 18.1 Å². The van der Waals surface area contributed by atoms with E-state index >= 15 is 0 Å². The number of nitrogens with zero attached hydrogens (tertiary/aromatic N) is 4. The van der Waals surface area contributed by atoms with Crippen molar-refractivity contribution in [3.05, 3.63) is 45.9 Å². The minimum atomic E-state index is -4.52. The minimum absolute atomic E-state index is 0.0225. The van der Waals surface area contributed by atoms with Crippen LogP contribution in [-0.2, 0) is 12.7 Å². The third-order valence-corrected chi connectivity index (χ3v) is 5.06. The third kappa shape index (κ3) is 5.53. The van der Waals surface area contributed by atoms with E-state index in [4.69, 9.17) is 5.73 Å². The molecule has 4 N–H and O–H groups in total. The summed E-state index contributed by atoms with van der Waals surface area (Å²) in [7, 11) is 0. The van der Waals surface area contributed by atoms with E-state index in [9.17, 15) is 23.3 Å². The largest absolute Gasteiger partial charge is 0.416 e. The Labute approximate surface area is 170 Å². The van der Waals surface area contributed by atoms with E-state index in [1.165, 1.54) is 0 Å². The van der Waals surface area contributed by atoms with Gasteiger partial charge in [-0.25, -0.2) is 4.98 Å². The predicted molar refractivity (Wildman–Crippen MR) is 104 cm³/mol. The Bertz CT molecular complexity index is 886. The average molecular weight is 425 g/mol. The van der Waals surface area contributed by atoms with Crippen LogP contribution in [0, 0.1) is 16.0 Å². The molecule has 0 aliphatic heterocycles. The van der Waals surface area contributed by atoms with Crippen LogP contribution in [-0.4, -0.2) is 32.5 Å². The van der Waals surface area contributed by atoms with Gasteiger partial charge in [-0.3, -0.25) is 15.1 Å². The number of pyridine rings is 1. The maximum Gasteiger partial charge on any atom is 0.416 e. The molecule has 1 aliphatic carbocycles. The number of hydrogen-bond acceptors (Lipinski definition) is 8. The summed E-state index contributed by atoms with van der Waals surface area (Å²) in [6, 6.07) is 1.08. The molecule has 1 fully saturated rings. The Morgan fingerprint density at radius 2 is 1.93 bits per heavy atom. The Kier molecular flexibility index (Phi) is 6.65. The summed E-state index contributed by atoms with van der Waals surface area (Å²) in [6.07, 6.45) is 2.31. The topological polar surface area (TPSA) is 132 Å². The zero-order valence-electron chi connectivity index (χ0n) is 16.0. The number of nitrogens with one attached hydrogen (secondary N) is 2. The van der Waals surface area contributed by atoms with Gasteiger partial charge < -0.3 is 16.4 Å². The first-order valence-electron chi connectivity index (χ1n) is 9.49. The summed E-state index contributed by atoms with van der Waals surface area (Å²) in [5, 5.41) is 16.9. The number of halogens is 3. The molecule has 9 nitrogen and oxygen atoms in total. The van der Waals surface area contributed by atoms with Gasteiger partial charge >= 0.3 is 11.9 Å². The number of alkyl halides is 3. The predicted octanol–water partition coefficient (Wildman–Crippen LogP) is 3.34. The molecule has 3 rings (SSSR count). The monoisotopic (exact) mass is 425 g/mol. The smallest absolute Gasteiger partial charge is 0.364 e. The molecule has 162 valence electrons. The van der Waals surface area contributed by atoms with E-state index in [0.29, 0.717) is 12.5 Å². The molecule has 1 saturated carbocycles. The summed E-state index contributed by atoms with van der Waals surface area (Å²) in [5.74, 6) is 0.320. The number of nitro groups is 1. The van der Waals surface area contributed by atoms with Crippen LogP contribution in [0.2, 0.25) is 0 Å². The van der Waals surface area contributed by atoms with E-state index in [1.807, 2.05) is 0 Å². The van der Waals surface area contributed by atoms with Gasteiger partial charge in [0.25, 0.3) is 0 Å². The normalized spacial score (nSPS) is 19.3. The van der Waals surface area contributed by atoms with Crippen molar-refractivity contribution in [3.8, 4) is 0 Å². The molecule has 0 atom stereocenters. The Hall–Kier alpha value is -3.02. The van der Waals surface area contributed by atoms with Gasteiger partial charge in [-0.2, -0.15) is 18.2 Å². The lowest BCUT2D eigenvalue weighted by atomic mass is 9.86. The number of hydrogen-bond donors (Lipinski definition) is 3. The standard InChI is InChI=1S/C18H22F3N7O2/c19-18(20,21)14-5-6-23-8-12(14)9-25-17-26-10-15(28(29)30)16(27-17)24-7-11-1-3-13(22)4-2-11/h5-6,8,10-11,13H,1-4,7,9,22H2,(H2,24,25,26,27). The first-order valence-corrected chi connectivity index (χ1v) is 9.49. The fourth-order valence-corrected chi connectivity index (χ4v) is 3.38. The highest BCUT2D eigenvalue weighted by atomic mass is 19.4. The molecule has 0 amide bonds. The SMILES string of the molecule is NC1CCC(CNc2nc(NCc3cnccc3C(F)(F)F)ncc2[N+](=O)[O-])CC1. The second-order valence-electron chi connectivity index (χ2n) is 7.23. The van der Waals surface area contributed by atoms with Crippen LogP contribution in [0.25, 0.3) is 0 Å². The molecule has 0 bridgehead atoms. The van der Waals surface area contributed by atoms with Crippen molar-refractivity contribution in [2.45, 2.75) is 44.4 Å². The van der Waals surface area contributed by atoms with Crippen LogP contribution in [0.3, 0.4) is 0 Å². The van der Waals surface area contributed by atoms with Gasteiger partial charge in [0.1, 0.15) is 6.20 Å². The summed E-state index contributed by atoms with van der Waals surface area (Å²) < 4.78 is 39.3. The van der Waals surface area contributed by atoms with Crippen molar-refractivity contribution in [2.75, 3.05) is 17.2 Å². The fraction of sp³-hybridized carbons (Fsp3) is 0.500. The highest BCUT2D eigenvalue weighted by Gasteiger charge is 2.33. The van der Waals surface area contributed by atoms with Gasteiger partial charge in [0.05, 0.1) is 10.5 Å². The average Bonchev–Trinajstić information content (AvgIpc) is 2.71. The van der Waals surface area contributed by atoms with Crippen LogP contribution in [0.5, 0.6) is 0 Å². The molecule has 0 unspecified atom stereocenters. The highest BCUT2D eigenvalue weighted by Crippen LogP contribution is 2.32. The molecule has 0 saturated heterocycles. The Balaban J connectivity index is 1.71. The summed E-state index contributed by atoms with van der Waals surface area (Å²) >= 11 is 0. The zero-order chi connectivity index (χ0) is 21.7. The van der Waals surface area contributed by atoms with Crippen molar-refractivity contribution in [3.63, 3.8) is 0 Å². The van der Waals surface area contributed by atoms with Crippen molar-refractivity contribution >= 4 is 17.5 Å². The van der Waals surface area contributed by atoms with E-state index < -0.39 is 16.7 Å². The molecular weight excluding hydrogens is 403 g/mol. The molecule has 1 aliphatic rings. The number of nitrogens with two attached hydrogens (primary N) is 1. The van der Waals surface area contributed by atoms with Crippen LogP contribution in [0.15, 0.2) is 24.7 Å². The molecule has 0 radical (unpaired) electrons. The molecule has 0 spiro atoms. The molecule has 2 aromatic heterocycles. The van der Waals surface area contributed by atoms with Crippen molar-refractivity contribution in [1.82, 2.24) is 15.0 Å². The maximum absolute atomic E-state index is 13.1. The minimum Gasteiger partial charge on any atom is -0.364 e. The van der Waals surface area contributed by atoms with Gasteiger partial charge in [-0.1, -0.05) is 0 Å². The lowest BCUT2D eigenvalue weighted by Gasteiger charge is -2.26. The lowest BCUT2D eigenvalue weighted by molar-refractivity contribution is -0.384. The Morgan fingerprint density at radius 1 is 1.20 bits per heavy atom. The number of rotatable bonds is 7.